The van der Waals surface area contributed by atoms with Crippen molar-refractivity contribution < 1.29 is 23.8 Å². The second kappa shape index (κ2) is 15.5. The molecule has 0 bridgehead atoms. The highest BCUT2D eigenvalue weighted by molar-refractivity contribution is 5.71. The summed E-state index contributed by atoms with van der Waals surface area (Å²) < 4.78 is 16.8. The number of hydrogen-bond acceptors (Lipinski definition) is 6. The van der Waals surface area contributed by atoms with E-state index in [-0.39, 0.29) is 5.97 Å². The predicted molar refractivity (Wildman–Crippen MR) is 153 cm³/mol. The summed E-state index contributed by atoms with van der Waals surface area (Å²) in [5.41, 5.74) is 3.43. The van der Waals surface area contributed by atoms with E-state index in [1.54, 1.807) is 0 Å². The molecule has 0 aliphatic rings. The molecule has 0 aliphatic carbocycles. The second-order valence-corrected chi connectivity index (χ2v) is 10.3. The van der Waals surface area contributed by atoms with Crippen LogP contribution in [0.25, 0.3) is 11.1 Å². The first-order valence-electron chi connectivity index (χ1n) is 13.5. The van der Waals surface area contributed by atoms with Gasteiger partial charge in [0.1, 0.15) is 18.0 Å². The molecule has 7 heteroatoms. The number of nitrogens with one attached hydrogen (secondary N) is 2. The normalized spacial score (nSPS) is 11.1. The second-order valence-electron chi connectivity index (χ2n) is 10.3. The van der Waals surface area contributed by atoms with Crippen LogP contribution in [0.5, 0.6) is 5.75 Å². The van der Waals surface area contributed by atoms with E-state index in [0.717, 1.165) is 53.9 Å². The van der Waals surface area contributed by atoms with Gasteiger partial charge in [-0.25, -0.2) is 4.79 Å². The highest BCUT2D eigenvalue weighted by Gasteiger charge is 2.16. The minimum Gasteiger partial charge on any atom is -0.493 e. The zero-order chi connectivity index (χ0) is 27.9. The molecule has 0 atom stereocenters. The predicted octanol–water partition coefficient (Wildman–Crippen LogP) is 6.26. The maximum Gasteiger partial charge on any atom is 0.407 e. The van der Waals surface area contributed by atoms with Crippen LogP contribution in [-0.4, -0.2) is 37.4 Å². The molecule has 0 heterocycles. The van der Waals surface area contributed by atoms with Gasteiger partial charge in [-0.2, -0.15) is 0 Å². The van der Waals surface area contributed by atoms with Gasteiger partial charge < -0.3 is 24.8 Å². The Morgan fingerprint density at radius 2 is 1.51 bits per heavy atom. The van der Waals surface area contributed by atoms with E-state index in [2.05, 4.69) is 10.6 Å². The van der Waals surface area contributed by atoms with E-state index in [1.807, 2.05) is 99.6 Å². The molecular formula is C32H40N2O5. The molecule has 208 valence electrons. The number of esters is 1. The summed E-state index contributed by atoms with van der Waals surface area (Å²) in [5, 5.41) is 6.16. The van der Waals surface area contributed by atoms with Gasteiger partial charge in [0.25, 0.3) is 0 Å². The Kier molecular flexibility index (Phi) is 11.8. The topological polar surface area (TPSA) is 85.9 Å². The van der Waals surface area contributed by atoms with E-state index in [4.69, 9.17) is 14.2 Å². The fourth-order valence-corrected chi connectivity index (χ4v) is 3.81. The van der Waals surface area contributed by atoms with Crippen LogP contribution in [0.15, 0.2) is 78.9 Å². The van der Waals surface area contributed by atoms with Crippen molar-refractivity contribution in [2.75, 3.05) is 19.7 Å². The Bertz CT molecular complexity index is 1160. The fourth-order valence-electron chi connectivity index (χ4n) is 3.81. The highest BCUT2D eigenvalue weighted by Crippen LogP contribution is 2.31. The van der Waals surface area contributed by atoms with Gasteiger partial charge in [-0.15, -0.1) is 0 Å². The first-order chi connectivity index (χ1) is 18.8. The van der Waals surface area contributed by atoms with Crippen molar-refractivity contribution in [3.05, 3.63) is 90.0 Å². The molecule has 7 nitrogen and oxygen atoms in total. The van der Waals surface area contributed by atoms with Gasteiger partial charge in [0.15, 0.2) is 0 Å². The lowest BCUT2D eigenvalue weighted by molar-refractivity contribution is -0.145. The lowest BCUT2D eigenvalue weighted by Gasteiger charge is -2.20. The summed E-state index contributed by atoms with van der Waals surface area (Å²) in [6.45, 7) is 8.22. The summed E-state index contributed by atoms with van der Waals surface area (Å²) in [7, 11) is 0. The van der Waals surface area contributed by atoms with E-state index < -0.39 is 11.7 Å². The molecule has 0 unspecified atom stereocenters. The number of amides is 1. The Hall–Kier alpha value is -3.84. The van der Waals surface area contributed by atoms with Crippen molar-refractivity contribution in [1.82, 2.24) is 10.6 Å². The van der Waals surface area contributed by atoms with E-state index in [9.17, 15) is 9.59 Å². The van der Waals surface area contributed by atoms with E-state index in [1.165, 1.54) is 0 Å². The molecule has 0 aromatic heterocycles. The molecule has 3 aromatic rings. The quantitative estimate of drug-likeness (QED) is 0.188. The standard InChI is InChI=1S/C32H40N2O5/c1-32(2,3)39-31(36)34-23-26-17-18-28(27-14-8-5-9-15-27)29(22-26)37-21-11-20-33-19-10-16-30(35)38-24-25-12-6-4-7-13-25/h4-9,12-15,17-18,22,33H,10-11,16,19-21,23-24H2,1-3H3,(H,34,36). The Balaban J connectivity index is 1.40. The van der Waals surface area contributed by atoms with Gasteiger partial charge in [0.05, 0.1) is 6.61 Å². The lowest BCUT2D eigenvalue weighted by Crippen LogP contribution is -2.32. The number of ether oxygens (including phenoxy) is 3. The van der Waals surface area contributed by atoms with Crippen molar-refractivity contribution in [2.24, 2.45) is 0 Å². The number of hydrogen-bond donors (Lipinski definition) is 2. The Morgan fingerprint density at radius 1 is 0.821 bits per heavy atom. The van der Waals surface area contributed by atoms with Crippen LogP contribution in [0, 0.1) is 0 Å². The van der Waals surface area contributed by atoms with Crippen LogP contribution in [-0.2, 0) is 27.4 Å². The third kappa shape index (κ3) is 11.6. The van der Waals surface area contributed by atoms with E-state index in [0.29, 0.717) is 26.2 Å². The van der Waals surface area contributed by atoms with Gasteiger partial charge in [-0.1, -0.05) is 72.8 Å². The number of carbonyl (C=O) groups excluding carboxylic acids is 2. The van der Waals surface area contributed by atoms with Gasteiger partial charge in [-0.05, 0) is 69.5 Å². The van der Waals surface area contributed by atoms with Crippen molar-refractivity contribution >= 4 is 12.1 Å². The first kappa shape index (κ1) is 29.7. The Morgan fingerprint density at radius 3 is 2.23 bits per heavy atom. The fraction of sp³-hybridized carbons (Fsp3) is 0.375. The molecule has 3 rings (SSSR count). The molecule has 0 radical (unpaired) electrons. The molecule has 39 heavy (non-hydrogen) atoms. The van der Waals surface area contributed by atoms with Crippen LogP contribution in [0.1, 0.15) is 51.2 Å². The summed E-state index contributed by atoms with van der Waals surface area (Å²) in [6, 6.07) is 25.7. The van der Waals surface area contributed by atoms with Crippen molar-refractivity contribution in [2.45, 2.75) is 58.8 Å². The number of rotatable bonds is 14. The molecule has 3 aromatic carbocycles. The summed E-state index contributed by atoms with van der Waals surface area (Å²) >= 11 is 0. The largest absolute Gasteiger partial charge is 0.493 e. The van der Waals surface area contributed by atoms with Gasteiger partial charge >= 0.3 is 12.1 Å². The molecule has 2 N–H and O–H groups in total. The van der Waals surface area contributed by atoms with Crippen molar-refractivity contribution in [3.63, 3.8) is 0 Å². The SMILES string of the molecule is CC(C)(C)OC(=O)NCc1ccc(-c2ccccc2)c(OCCCNCCCC(=O)OCc2ccccc2)c1. The van der Waals surface area contributed by atoms with Crippen molar-refractivity contribution in [1.29, 1.82) is 0 Å². The maximum atomic E-state index is 12.1. The van der Waals surface area contributed by atoms with Crippen molar-refractivity contribution in [3.8, 4) is 16.9 Å². The third-order valence-corrected chi connectivity index (χ3v) is 5.70. The van der Waals surface area contributed by atoms with Crippen LogP contribution in [0.2, 0.25) is 0 Å². The average Bonchev–Trinajstić information content (AvgIpc) is 2.92. The Labute approximate surface area is 231 Å². The lowest BCUT2D eigenvalue weighted by atomic mass is 10.0. The minimum absolute atomic E-state index is 0.182. The summed E-state index contributed by atoms with van der Waals surface area (Å²) in [6.07, 6.45) is 1.47. The average molecular weight is 533 g/mol. The number of carbonyl (C=O) groups is 2. The summed E-state index contributed by atoms with van der Waals surface area (Å²) in [5.74, 6) is 0.587. The molecule has 0 spiro atoms. The van der Waals surface area contributed by atoms with Crippen LogP contribution in [0.4, 0.5) is 4.79 Å². The third-order valence-electron chi connectivity index (χ3n) is 5.70. The van der Waals surface area contributed by atoms with Gasteiger partial charge in [0, 0.05) is 18.5 Å². The number of benzene rings is 3. The summed E-state index contributed by atoms with van der Waals surface area (Å²) in [4.78, 5) is 24.0. The monoisotopic (exact) mass is 532 g/mol. The van der Waals surface area contributed by atoms with Crippen LogP contribution < -0.4 is 15.4 Å². The minimum atomic E-state index is -0.546. The molecule has 1 amide bonds. The smallest absolute Gasteiger partial charge is 0.407 e. The molecule has 0 saturated heterocycles. The molecule has 0 fully saturated rings. The van der Waals surface area contributed by atoms with Crippen LogP contribution in [0.3, 0.4) is 0 Å². The molecular weight excluding hydrogens is 492 g/mol. The molecule has 0 aliphatic heterocycles. The maximum absolute atomic E-state index is 12.1. The molecule has 0 saturated carbocycles. The van der Waals surface area contributed by atoms with Gasteiger partial charge in [-0.3, -0.25) is 4.79 Å². The van der Waals surface area contributed by atoms with E-state index >= 15 is 0 Å². The zero-order valence-electron chi connectivity index (χ0n) is 23.2. The number of alkyl carbamates (subject to hydrolysis) is 1. The first-order valence-corrected chi connectivity index (χ1v) is 13.5. The van der Waals surface area contributed by atoms with Gasteiger partial charge in [0.2, 0.25) is 0 Å². The van der Waals surface area contributed by atoms with Crippen LogP contribution >= 0.6 is 0 Å². The zero-order valence-corrected chi connectivity index (χ0v) is 23.2. The highest BCUT2D eigenvalue weighted by atomic mass is 16.6.